The average Bonchev–Trinajstić information content (AvgIpc) is 2.73. The molecule has 26 heavy (non-hydrogen) atoms. The van der Waals surface area contributed by atoms with E-state index in [4.69, 9.17) is 0 Å². The van der Waals surface area contributed by atoms with E-state index in [2.05, 4.69) is 26.3 Å². The van der Waals surface area contributed by atoms with Gasteiger partial charge in [-0.3, -0.25) is 9.97 Å². The van der Waals surface area contributed by atoms with Gasteiger partial charge in [0.2, 0.25) is 0 Å². The van der Waals surface area contributed by atoms with Crippen molar-refractivity contribution in [2.45, 2.75) is 6.54 Å². The summed E-state index contributed by atoms with van der Waals surface area (Å²) in [4.78, 5) is 13.1. The maximum atomic E-state index is 9.28. The minimum atomic E-state index is 0.612. The van der Waals surface area contributed by atoms with Gasteiger partial charge in [0.25, 0.3) is 0 Å². The first kappa shape index (κ1) is 15.7. The number of fused-ring (bicyclic) bond motifs is 1. The van der Waals surface area contributed by atoms with Crippen LogP contribution < -0.4 is 5.32 Å². The summed E-state index contributed by atoms with van der Waals surface area (Å²) in [5.41, 5.74) is 3.48. The Bertz CT molecular complexity index is 1090. The van der Waals surface area contributed by atoms with E-state index in [1.165, 1.54) is 0 Å². The lowest BCUT2D eigenvalue weighted by molar-refractivity contribution is 1.10. The molecule has 0 saturated carbocycles. The van der Waals surface area contributed by atoms with Crippen LogP contribution in [0.3, 0.4) is 0 Å². The van der Waals surface area contributed by atoms with Crippen LogP contribution in [0.5, 0.6) is 0 Å². The lowest BCUT2D eigenvalue weighted by Crippen LogP contribution is -2.03. The molecule has 0 bridgehead atoms. The first-order valence-corrected chi connectivity index (χ1v) is 8.22. The van der Waals surface area contributed by atoms with Gasteiger partial charge in [-0.05, 0) is 53.4 Å². The zero-order chi connectivity index (χ0) is 17.8. The standard InChI is InChI=1S/C21H15N5/c22-12-16-4-5-17-18(11-16)19(20-3-1-2-8-24-20)14-26-21(17)25-13-15-6-9-23-10-7-15/h1-11,14H,13H2,(H,25,26). The van der Waals surface area contributed by atoms with Crippen molar-refractivity contribution >= 4 is 16.6 Å². The summed E-state index contributed by atoms with van der Waals surface area (Å²) in [6.07, 6.45) is 7.10. The number of benzene rings is 1. The third-order valence-corrected chi connectivity index (χ3v) is 4.17. The van der Waals surface area contributed by atoms with Gasteiger partial charge in [-0.2, -0.15) is 5.26 Å². The summed E-state index contributed by atoms with van der Waals surface area (Å²) in [5, 5.41) is 14.6. The molecule has 3 heterocycles. The monoisotopic (exact) mass is 337 g/mol. The Hall–Kier alpha value is -3.78. The quantitative estimate of drug-likeness (QED) is 0.605. The smallest absolute Gasteiger partial charge is 0.134 e. The van der Waals surface area contributed by atoms with E-state index in [0.717, 1.165) is 33.4 Å². The van der Waals surface area contributed by atoms with E-state index >= 15 is 0 Å². The van der Waals surface area contributed by atoms with E-state index in [9.17, 15) is 5.26 Å². The molecule has 124 valence electrons. The van der Waals surface area contributed by atoms with E-state index in [1.807, 2.05) is 48.5 Å². The van der Waals surface area contributed by atoms with E-state index in [-0.39, 0.29) is 0 Å². The van der Waals surface area contributed by atoms with Gasteiger partial charge in [0.05, 0.1) is 17.3 Å². The predicted octanol–water partition coefficient (Wildman–Crippen LogP) is 4.18. The molecule has 0 unspecified atom stereocenters. The summed E-state index contributed by atoms with van der Waals surface area (Å²) in [7, 11) is 0. The van der Waals surface area contributed by atoms with Crippen LogP contribution in [0.15, 0.2) is 73.3 Å². The fourth-order valence-corrected chi connectivity index (χ4v) is 2.86. The number of nitriles is 1. The number of nitrogens with one attached hydrogen (secondary N) is 1. The minimum absolute atomic E-state index is 0.612. The van der Waals surface area contributed by atoms with Gasteiger partial charge >= 0.3 is 0 Å². The van der Waals surface area contributed by atoms with Gasteiger partial charge < -0.3 is 5.32 Å². The lowest BCUT2D eigenvalue weighted by Gasteiger charge is -2.12. The molecular formula is C21H15N5. The largest absolute Gasteiger partial charge is 0.365 e. The molecule has 1 aromatic carbocycles. The highest BCUT2D eigenvalue weighted by Gasteiger charge is 2.11. The van der Waals surface area contributed by atoms with Crippen molar-refractivity contribution in [3.63, 3.8) is 0 Å². The molecule has 0 aliphatic rings. The second-order valence-electron chi connectivity index (χ2n) is 5.82. The predicted molar refractivity (Wildman–Crippen MR) is 101 cm³/mol. The first-order valence-electron chi connectivity index (χ1n) is 8.22. The molecule has 5 nitrogen and oxygen atoms in total. The molecule has 0 saturated heterocycles. The number of hydrogen-bond acceptors (Lipinski definition) is 5. The Morgan fingerprint density at radius 1 is 0.923 bits per heavy atom. The van der Waals surface area contributed by atoms with Crippen LogP contribution >= 0.6 is 0 Å². The fourth-order valence-electron chi connectivity index (χ4n) is 2.86. The highest BCUT2D eigenvalue weighted by molar-refractivity contribution is 6.01. The van der Waals surface area contributed by atoms with Crippen molar-refractivity contribution in [2.75, 3.05) is 5.32 Å². The number of hydrogen-bond donors (Lipinski definition) is 1. The number of nitrogens with zero attached hydrogens (tertiary/aromatic N) is 4. The van der Waals surface area contributed by atoms with E-state index in [1.54, 1.807) is 24.8 Å². The number of rotatable bonds is 4. The number of aromatic nitrogens is 3. The zero-order valence-corrected chi connectivity index (χ0v) is 13.9. The van der Waals surface area contributed by atoms with Crippen LogP contribution in [0.1, 0.15) is 11.1 Å². The minimum Gasteiger partial charge on any atom is -0.365 e. The van der Waals surface area contributed by atoms with Gasteiger partial charge in [-0.15, -0.1) is 0 Å². The van der Waals surface area contributed by atoms with Crippen molar-refractivity contribution in [3.05, 3.63) is 84.4 Å². The van der Waals surface area contributed by atoms with Gasteiger partial charge in [0, 0.05) is 42.3 Å². The third kappa shape index (κ3) is 3.08. The van der Waals surface area contributed by atoms with E-state index in [0.29, 0.717) is 12.1 Å². The van der Waals surface area contributed by atoms with Gasteiger partial charge in [-0.25, -0.2) is 4.98 Å². The average molecular weight is 337 g/mol. The normalized spacial score (nSPS) is 10.4. The summed E-state index contributed by atoms with van der Waals surface area (Å²) in [6.45, 7) is 0.646. The molecule has 0 aliphatic carbocycles. The zero-order valence-electron chi connectivity index (χ0n) is 13.9. The summed E-state index contributed by atoms with van der Waals surface area (Å²) in [6, 6.07) is 17.5. The number of pyridine rings is 3. The molecule has 4 aromatic rings. The SMILES string of the molecule is N#Cc1ccc2c(NCc3ccncc3)ncc(-c3ccccn3)c2c1. The summed E-state index contributed by atoms with van der Waals surface area (Å²) < 4.78 is 0. The molecule has 3 aromatic heterocycles. The molecule has 0 spiro atoms. The second kappa shape index (κ2) is 6.99. The maximum Gasteiger partial charge on any atom is 0.134 e. The molecular weight excluding hydrogens is 322 g/mol. The molecule has 1 N–H and O–H groups in total. The molecule has 0 amide bonds. The number of anilines is 1. The topological polar surface area (TPSA) is 74.5 Å². The third-order valence-electron chi connectivity index (χ3n) is 4.17. The van der Waals surface area contributed by atoms with Crippen molar-refractivity contribution < 1.29 is 0 Å². The summed E-state index contributed by atoms with van der Waals surface area (Å²) in [5.74, 6) is 0.779. The first-order chi connectivity index (χ1) is 12.8. The Balaban J connectivity index is 1.79. The Morgan fingerprint density at radius 3 is 2.58 bits per heavy atom. The van der Waals surface area contributed by atoms with Crippen LogP contribution in [-0.2, 0) is 6.54 Å². The Kier molecular flexibility index (Phi) is 4.23. The highest BCUT2D eigenvalue weighted by Crippen LogP contribution is 2.31. The second-order valence-corrected chi connectivity index (χ2v) is 5.82. The van der Waals surface area contributed by atoms with Crippen molar-refractivity contribution in [1.82, 2.24) is 15.0 Å². The van der Waals surface area contributed by atoms with Crippen LogP contribution in [0.4, 0.5) is 5.82 Å². The van der Waals surface area contributed by atoms with Crippen molar-refractivity contribution in [3.8, 4) is 17.3 Å². The lowest BCUT2D eigenvalue weighted by atomic mass is 10.0. The molecule has 0 aliphatic heterocycles. The van der Waals surface area contributed by atoms with Gasteiger partial charge in [0.1, 0.15) is 5.82 Å². The molecule has 0 fully saturated rings. The molecule has 0 atom stereocenters. The maximum absolute atomic E-state index is 9.28. The highest BCUT2D eigenvalue weighted by atomic mass is 15.0. The van der Waals surface area contributed by atoms with E-state index < -0.39 is 0 Å². The van der Waals surface area contributed by atoms with Crippen LogP contribution in [0, 0.1) is 11.3 Å². The fraction of sp³-hybridized carbons (Fsp3) is 0.0476. The van der Waals surface area contributed by atoms with Crippen LogP contribution in [0.25, 0.3) is 22.0 Å². The van der Waals surface area contributed by atoms with Crippen molar-refractivity contribution in [2.24, 2.45) is 0 Å². The summed E-state index contributed by atoms with van der Waals surface area (Å²) >= 11 is 0. The van der Waals surface area contributed by atoms with Crippen LogP contribution in [0.2, 0.25) is 0 Å². The Morgan fingerprint density at radius 2 is 1.81 bits per heavy atom. The van der Waals surface area contributed by atoms with Crippen molar-refractivity contribution in [1.29, 1.82) is 5.26 Å². The van der Waals surface area contributed by atoms with Gasteiger partial charge in [0.15, 0.2) is 0 Å². The molecule has 0 radical (unpaired) electrons. The Labute approximate surface area is 151 Å². The van der Waals surface area contributed by atoms with Crippen LogP contribution in [-0.4, -0.2) is 15.0 Å². The van der Waals surface area contributed by atoms with Gasteiger partial charge in [-0.1, -0.05) is 6.07 Å². The molecule has 5 heteroatoms. The molecule has 4 rings (SSSR count).